The van der Waals surface area contributed by atoms with Gasteiger partial charge in [-0.2, -0.15) is 0 Å². The molecule has 1 aliphatic heterocycles. The number of hydrogen-bond acceptors (Lipinski definition) is 3. The molecule has 1 fully saturated rings. The van der Waals surface area contributed by atoms with Gasteiger partial charge in [-0.1, -0.05) is 23.7 Å². The average molecular weight is 302 g/mol. The number of benzene rings is 1. The van der Waals surface area contributed by atoms with E-state index >= 15 is 0 Å². The van der Waals surface area contributed by atoms with E-state index in [1.165, 1.54) is 0 Å². The normalized spacial score (nSPS) is 15.1. The Hall–Kier alpha value is -2.07. The first-order valence-electron chi connectivity index (χ1n) is 6.94. The number of hydrogen-bond donors (Lipinski definition) is 0. The summed E-state index contributed by atoms with van der Waals surface area (Å²) < 4.78 is 0. The second-order valence-electron chi connectivity index (χ2n) is 4.96. The number of carbonyl (C=O) groups excluding carboxylic acids is 1. The molecule has 3 rings (SSSR count). The molecule has 1 aromatic heterocycles. The lowest BCUT2D eigenvalue weighted by Gasteiger charge is -2.36. The van der Waals surface area contributed by atoms with Crippen LogP contribution in [0, 0.1) is 0 Å². The molecule has 0 radical (unpaired) electrons. The fourth-order valence-electron chi connectivity index (χ4n) is 2.53. The van der Waals surface area contributed by atoms with Crippen LogP contribution in [0.3, 0.4) is 0 Å². The molecule has 0 saturated carbocycles. The lowest BCUT2D eigenvalue weighted by Crippen LogP contribution is -2.48. The molecule has 21 heavy (non-hydrogen) atoms. The molecule has 108 valence electrons. The first-order chi connectivity index (χ1) is 10.3. The topological polar surface area (TPSA) is 36.4 Å². The first kappa shape index (κ1) is 13.9. The Balaban J connectivity index is 1.66. The number of nitrogens with zero attached hydrogens (tertiary/aromatic N) is 3. The van der Waals surface area contributed by atoms with E-state index in [2.05, 4.69) is 9.88 Å². The van der Waals surface area contributed by atoms with Gasteiger partial charge in [0.25, 0.3) is 5.91 Å². The van der Waals surface area contributed by atoms with E-state index in [9.17, 15) is 4.79 Å². The fourth-order valence-corrected chi connectivity index (χ4v) is 2.74. The average Bonchev–Trinajstić information content (AvgIpc) is 2.56. The number of pyridine rings is 1. The van der Waals surface area contributed by atoms with Gasteiger partial charge in [-0.05, 0) is 24.3 Å². The number of piperazine rings is 1. The highest BCUT2D eigenvalue weighted by atomic mass is 35.5. The Morgan fingerprint density at radius 3 is 2.33 bits per heavy atom. The van der Waals surface area contributed by atoms with Gasteiger partial charge in [0.2, 0.25) is 0 Å². The molecule has 0 spiro atoms. The number of halogens is 1. The van der Waals surface area contributed by atoms with Crippen LogP contribution in [0.4, 0.5) is 5.69 Å². The molecule has 0 atom stereocenters. The zero-order valence-electron chi connectivity index (χ0n) is 11.6. The molecule has 0 bridgehead atoms. The minimum Gasteiger partial charge on any atom is -0.368 e. The quantitative estimate of drug-likeness (QED) is 0.856. The standard InChI is InChI=1S/C16H16ClN3O/c17-15-4-2-1-3-14(15)16(21)20-11-9-19(10-12-20)13-5-7-18-8-6-13/h1-8H,9-12H2. The molecular weight excluding hydrogens is 286 g/mol. The van der Waals surface area contributed by atoms with Crippen LogP contribution < -0.4 is 4.90 Å². The van der Waals surface area contributed by atoms with Crippen LogP contribution in [0.25, 0.3) is 0 Å². The van der Waals surface area contributed by atoms with Crippen LogP contribution in [0.15, 0.2) is 48.8 Å². The summed E-state index contributed by atoms with van der Waals surface area (Å²) in [6.07, 6.45) is 3.58. The summed E-state index contributed by atoms with van der Waals surface area (Å²) >= 11 is 6.10. The summed E-state index contributed by atoms with van der Waals surface area (Å²) in [5, 5.41) is 0.513. The molecule has 2 aromatic rings. The third-order valence-electron chi connectivity index (χ3n) is 3.70. The summed E-state index contributed by atoms with van der Waals surface area (Å²) in [5.41, 5.74) is 1.73. The van der Waals surface area contributed by atoms with Crippen LogP contribution in [-0.2, 0) is 0 Å². The Morgan fingerprint density at radius 1 is 1.00 bits per heavy atom. The third-order valence-corrected chi connectivity index (χ3v) is 4.03. The lowest BCUT2D eigenvalue weighted by molar-refractivity contribution is 0.0747. The molecule has 1 amide bonds. The molecule has 4 nitrogen and oxygen atoms in total. The number of carbonyl (C=O) groups is 1. The van der Waals surface area contributed by atoms with E-state index < -0.39 is 0 Å². The monoisotopic (exact) mass is 301 g/mol. The van der Waals surface area contributed by atoms with Gasteiger partial charge < -0.3 is 9.80 Å². The summed E-state index contributed by atoms with van der Waals surface area (Å²) in [5.74, 6) is 0.00924. The third kappa shape index (κ3) is 3.00. The van der Waals surface area contributed by atoms with Gasteiger partial charge >= 0.3 is 0 Å². The SMILES string of the molecule is O=C(c1ccccc1Cl)N1CCN(c2ccncc2)CC1. The van der Waals surface area contributed by atoms with Crippen molar-refractivity contribution in [3.63, 3.8) is 0 Å². The van der Waals surface area contributed by atoms with E-state index in [4.69, 9.17) is 11.6 Å². The Labute approximate surface area is 129 Å². The van der Waals surface area contributed by atoms with Gasteiger partial charge in [-0.3, -0.25) is 9.78 Å². The molecule has 1 saturated heterocycles. The van der Waals surface area contributed by atoms with Crippen molar-refractivity contribution in [3.05, 3.63) is 59.4 Å². The van der Waals surface area contributed by atoms with Crippen molar-refractivity contribution in [2.75, 3.05) is 31.1 Å². The molecule has 5 heteroatoms. The zero-order valence-corrected chi connectivity index (χ0v) is 12.3. The van der Waals surface area contributed by atoms with Gasteiger partial charge in [0, 0.05) is 44.3 Å². The Kier molecular flexibility index (Phi) is 4.06. The van der Waals surface area contributed by atoms with Crippen LogP contribution >= 0.6 is 11.6 Å². The van der Waals surface area contributed by atoms with Crippen molar-refractivity contribution < 1.29 is 4.79 Å². The number of amides is 1. The lowest BCUT2D eigenvalue weighted by atomic mass is 10.1. The van der Waals surface area contributed by atoms with E-state index in [0.29, 0.717) is 23.7 Å². The highest BCUT2D eigenvalue weighted by molar-refractivity contribution is 6.33. The molecule has 1 aromatic carbocycles. The highest BCUT2D eigenvalue weighted by Crippen LogP contribution is 2.20. The van der Waals surface area contributed by atoms with Gasteiger partial charge in [0.15, 0.2) is 0 Å². The fraction of sp³-hybridized carbons (Fsp3) is 0.250. The van der Waals surface area contributed by atoms with Crippen LogP contribution in [-0.4, -0.2) is 42.0 Å². The number of aromatic nitrogens is 1. The van der Waals surface area contributed by atoms with Crippen molar-refractivity contribution >= 4 is 23.2 Å². The smallest absolute Gasteiger partial charge is 0.255 e. The molecular formula is C16H16ClN3O. The maximum atomic E-state index is 12.5. The number of rotatable bonds is 2. The van der Waals surface area contributed by atoms with Crippen LogP contribution in [0.1, 0.15) is 10.4 Å². The molecule has 2 heterocycles. The Morgan fingerprint density at radius 2 is 1.67 bits per heavy atom. The molecule has 0 N–H and O–H groups in total. The minimum absolute atomic E-state index is 0.00924. The van der Waals surface area contributed by atoms with Gasteiger partial charge in [-0.25, -0.2) is 0 Å². The predicted octanol–water partition coefficient (Wildman–Crippen LogP) is 2.70. The predicted molar refractivity (Wildman–Crippen MR) is 83.8 cm³/mol. The van der Waals surface area contributed by atoms with Gasteiger partial charge in [-0.15, -0.1) is 0 Å². The van der Waals surface area contributed by atoms with Crippen molar-refractivity contribution in [1.29, 1.82) is 0 Å². The molecule has 1 aliphatic rings. The Bertz CT molecular complexity index is 624. The summed E-state index contributed by atoms with van der Waals surface area (Å²) in [7, 11) is 0. The van der Waals surface area contributed by atoms with Crippen molar-refractivity contribution in [1.82, 2.24) is 9.88 Å². The minimum atomic E-state index is 0.00924. The van der Waals surface area contributed by atoms with Crippen LogP contribution in [0.2, 0.25) is 5.02 Å². The highest BCUT2D eigenvalue weighted by Gasteiger charge is 2.23. The van der Waals surface area contributed by atoms with Crippen molar-refractivity contribution in [3.8, 4) is 0 Å². The van der Waals surface area contributed by atoms with Gasteiger partial charge in [0.05, 0.1) is 10.6 Å². The molecule has 0 aliphatic carbocycles. The molecule has 0 unspecified atom stereocenters. The van der Waals surface area contributed by atoms with Crippen molar-refractivity contribution in [2.24, 2.45) is 0 Å². The van der Waals surface area contributed by atoms with E-state index in [1.807, 2.05) is 29.2 Å². The first-order valence-corrected chi connectivity index (χ1v) is 7.32. The summed E-state index contributed by atoms with van der Waals surface area (Å²) in [6.45, 7) is 3.04. The van der Waals surface area contributed by atoms with Gasteiger partial charge in [0.1, 0.15) is 0 Å². The number of anilines is 1. The second-order valence-corrected chi connectivity index (χ2v) is 5.37. The maximum absolute atomic E-state index is 12.5. The largest absolute Gasteiger partial charge is 0.368 e. The summed E-state index contributed by atoms with van der Waals surface area (Å²) in [4.78, 5) is 20.6. The maximum Gasteiger partial charge on any atom is 0.255 e. The van der Waals surface area contributed by atoms with Crippen molar-refractivity contribution in [2.45, 2.75) is 0 Å². The van der Waals surface area contributed by atoms with E-state index in [1.54, 1.807) is 24.5 Å². The zero-order chi connectivity index (χ0) is 14.7. The van der Waals surface area contributed by atoms with E-state index in [-0.39, 0.29) is 5.91 Å². The van der Waals surface area contributed by atoms with Crippen LogP contribution in [0.5, 0.6) is 0 Å². The van der Waals surface area contributed by atoms with E-state index in [0.717, 1.165) is 18.8 Å². The summed E-state index contributed by atoms with van der Waals surface area (Å²) in [6, 6.07) is 11.2. The second kappa shape index (κ2) is 6.14.